The van der Waals surface area contributed by atoms with Crippen LogP contribution in [0.5, 0.6) is 0 Å². The fourth-order valence-electron chi connectivity index (χ4n) is 2.43. The Morgan fingerprint density at radius 3 is 2.65 bits per heavy atom. The number of amides is 2. The Labute approximate surface area is 150 Å². The molecule has 0 saturated carbocycles. The van der Waals surface area contributed by atoms with Crippen molar-refractivity contribution in [3.05, 3.63) is 62.0 Å². The summed E-state index contributed by atoms with van der Waals surface area (Å²) in [7, 11) is 0. The molecule has 0 bridgehead atoms. The van der Waals surface area contributed by atoms with Gasteiger partial charge in [0.1, 0.15) is 5.69 Å². The molecule has 0 fully saturated rings. The zero-order valence-electron chi connectivity index (χ0n) is 13.3. The normalized spacial score (nSPS) is 10.7. The molecule has 2 amide bonds. The lowest BCUT2D eigenvalue weighted by atomic mass is 10.1. The van der Waals surface area contributed by atoms with Gasteiger partial charge in [-0.05, 0) is 30.2 Å². The lowest BCUT2D eigenvalue weighted by Crippen LogP contribution is -2.38. The summed E-state index contributed by atoms with van der Waals surface area (Å²) in [5.41, 5.74) is 0.129. The summed E-state index contributed by atoms with van der Waals surface area (Å²) in [6, 6.07) is 5.45. The average Bonchev–Trinajstić information content (AvgIpc) is 2.99. The van der Waals surface area contributed by atoms with Crippen LogP contribution in [0.3, 0.4) is 0 Å². The number of hydrogen-bond donors (Lipinski definition) is 5. The maximum atomic E-state index is 11.8. The molecule has 0 spiro atoms. The van der Waals surface area contributed by atoms with E-state index >= 15 is 0 Å². The van der Waals surface area contributed by atoms with Gasteiger partial charge < -0.3 is 20.6 Å². The van der Waals surface area contributed by atoms with Crippen LogP contribution < -0.4 is 21.9 Å². The first-order valence-electron chi connectivity index (χ1n) is 7.61. The molecular formula is C16H14ClN5O4. The van der Waals surface area contributed by atoms with Crippen molar-refractivity contribution >= 4 is 40.0 Å². The van der Waals surface area contributed by atoms with E-state index in [1.54, 1.807) is 6.07 Å². The molecule has 1 aromatic carbocycles. The number of fused-ring (bicyclic) bond motifs is 1. The van der Waals surface area contributed by atoms with E-state index < -0.39 is 23.1 Å². The summed E-state index contributed by atoms with van der Waals surface area (Å²) in [6.45, 7) is 0.216. The molecule has 9 nitrogen and oxygen atoms in total. The molecule has 0 aliphatic rings. The van der Waals surface area contributed by atoms with E-state index in [0.29, 0.717) is 11.4 Å². The van der Waals surface area contributed by atoms with Crippen LogP contribution in [0.15, 0.2) is 40.2 Å². The van der Waals surface area contributed by atoms with Crippen molar-refractivity contribution in [2.45, 2.75) is 6.42 Å². The molecule has 26 heavy (non-hydrogen) atoms. The molecule has 10 heteroatoms. The lowest BCUT2D eigenvalue weighted by molar-refractivity contribution is -0.136. The Morgan fingerprint density at radius 2 is 1.88 bits per heavy atom. The monoisotopic (exact) mass is 375 g/mol. The third-order valence-corrected chi connectivity index (χ3v) is 3.92. The van der Waals surface area contributed by atoms with Crippen LogP contribution in [0.4, 0.5) is 5.69 Å². The first-order valence-corrected chi connectivity index (χ1v) is 7.98. The van der Waals surface area contributed by atoms with Crippen LogP contribution in [0.25, 0.3) is 10.9 Å². The van der Waals surface area contributed by atoms with E-state index in [0.717, 1.165) is 22.7 Å². The van der Waals surface area contributed by atoms with Gasteiger partial charge >= 0.3 is 17.5 Å². The zero-order valence-corrected chi connectivity index (χ0v) is 14.1. The maximum absolute atomic E-state index is 11.8. The minimum absolute atomic E-state index is 0.216. The van der Waals surface area contributed by atoms with E-state index in [-0.39, 0.29) is 12.2 Å². The molecule has 5 N–H and O–H groups in total. The number of hydrogen-bond acceptors (Lipinski definition) is 4. The van der Waals surface area contributed by atoms with Crippen molar-refractivity contribution in [3.63, 3.8) is 0 Å². The van der Waals surface area contributed by atoms with Crippen LogP contribution >= 0.6 is 11.6 Å². The van der Waals surface area contributed by atoms with Crippen LogP contribution in [0.1, 0.15) is 5.56 Å². The van der Waals surface area contributed by atoms with Crippen molar-refractivity contribution in [2.75, 3.05) is 11.9 Å². The van der Waals surface area contributed by atoms with Crippen LogP contribution in [0.2, 0.25) is 5.02 Å². The average molecular weight is 376 g/mol. The standard InChI is InChI=1S/C16H14ClN5O4/c17-9-1-2-11-10(5-9)8(6-19-11)3-4-18-14(24)15(25)21-12-7-20-16(26)22-13(12)23/h1-2,5-7,19H,3-4H2,(H,18,24)(H,21,25)(H2,20,22,23,26). The number of benzene rings is 1. The molecule has 0 aliphatic carbocycles. The number of halogens is 1. The van der Waals surface area contributed by atoms with Gasteiger partial charge in [0.25, 0.3) is 5.56 Å². The van der Waals surface area contributed by atoms with Crippen molar-refractivity contribution in [3.8, 4) is 0 Å². The number of aromatic nitrogens is 3. The molecule has 2 heterocycles. The highest BCUT2D eigenvalue weighted by Crippen LogP contribution is 2.22. The summed E-state index contributed by atoms with van der Waals surface area (Å²) in [5, 5.41) is 6.14. The first kappa shape index (κ1) is 17.5. The van der Waals surface area contributed by atoms with Gasteiger partial charge in [0.15, 0.2) is 0 Å². The summed E-state index contributed by atoms with van der Waals surface area (Å²) in [5.74, 6) is -1.90. The van der Waals surface area contributed by atoms with E-state index in [9.17, 15) is 19.2 Å². The van der Waals surface area contributed by atoms with E-state index in [1.807, 2.05) is 23.3 Å². The Hall–Kier alpha value is -3.33. The summed E-state index contributed by atoms with van der Waals surface area (Å²) < 4.78 is 0. The highest BCUT2D eigenvalue weighted by Gasteiger charge is 2.15. The third-order valence-electron chi connectivity index (χ3n) is 3.68. The van der Waals surface area contributed by atoms with Gasteiger partial charge in [0.2, 0.25) is 0 Å². The van der Waals surface area contributed by atoms with Gasteiger partial charge in [-0.2, -0.15) is 0 Å². The third kappa shape index (κ3) is 3.83. The Morgan fingerprint density at radius 1 is 1.08 bits per heavy atom. The van der Waals surface area contributed by atoms with Gasteiger partial charge in [-0.15, -0.1) is 0 Å². The maximum Gasteiger partial charge on any atom is 0.325 e. The molecule has 0 unspecified atom stereocenters. The SMILES string of the molecule is O=C(NCCc1c[nH]c2ccc(Cl)cc12)C(=O)Nc1c[nH]c(=O)[nH]c1=O. The quantitative estimate of drug-likeness (QED) is 0.423. The number of H-pyrrole nitrogens is 3. The molecule has 2 aromatic heterocycles. The van der Waals surface area contributed by atoms with E-state index in [4.69, 9.17) is 11.6 Å². The number of aromatic amines is 3. The first-order chi connectivity index (χ1) is 12.4. The smallest absolute Gasteiger partial charge is 0.325 e. The van der Waals surface area contributed by atoms with Gasteiger partial charge in [-0.1, -0.05) is 11.6 Å². The highest BCUT2D eigenvalue weighted by atomic mass is 35.5. The van der Waals surface area contributed by atoms with Gasteiger partial charge in [-0.25, -0.2) is 4.79 Å². The van der Waals surface area contributed by atoms with Crippen molar-refractivity contribution in [2.24, 2.45) is 0 Å². The van der Waals surface area contributed by atoms with Crippen molar-refractivity contribution < 1.29 is 9.59 Å². The van der Waals surface area contributed by atoms with Crippen LogP contribution in [-0.4, -0.2) is 33.3 Å². The molecule has 3 aromatic rings. The summed E-state index contributed by atoms with van der Waals surface area (Å²) in [6.07, 6.45) is 3.31. The van der Waals surface area contributed by atoms with Crippen molar-refractivity contribution in [1.82, 2.24) is 20.3 Å². The number of rotatable bonds is 4. The number of carbonyl (C=O) groups is 2. The highest BCUT2D eigenvalue weighted by molar-refractivity contribution is 6.39. The van der Waals surface area contributed by atoms with E-state index in [2.05, 4.69) is 20.6 Å². The second kappa shape index (κ2) is 7.28. The van der Waals surface area contributed by atoms with E-state index in [1.165, 1.54) is 0 Å². The molecule has 0 saturated heterocycles. The molecule has 0 radical (unpaired) electrons. The fourth-order valence-corrected chi connectivity index (χ4v) is 2.60. The molecule has 0 aliphatic heterocycles. The topological polar surface area (TPSA) is 140 Å². The summed E-state index contributed by atoms with van der Waals surface area (Å²) >= 11 is 5.99. The van der Waals surface area contributed by atoms with Gasteiger partial charge in [-0.3, -0.25) is 19.4 Å². The predicted octanol–water partition coefficient (Wildman–Crippen LogP) is 0.495. The number of anilines is 1. The second-order valence-corrected chi connectivity index (χ2v) is 5.89. The molecule has 0 atom stereocenters. The minimum Gasteiger partial charge on any atom is -0.361 e. The fraction of sp³-hybridized carbons (Fsp3) is 0.125. The Balaban J connectivity index is 1.58. The summed E-state index contributed by atoms with van der Waals surface area (Å²) in [4.78, 5) is 53.3. The van der Waals surface area contributed by atoms with Gasteiger partial charge in [0, 0.05) is 34.9 Å². The lowest BCUT2D eigenvalue weighted by Gasteiger charge is -2.05. The molecular weight excluding hydrogens is 362 g/mol. The molecule has 3 rings (SSSR count). The van der Waals surface area contributed by atoms with Gasteiger partial charge in [0.05, 0.1) is 0 Å². The Bertz CT molecular complexity index is 1100. The zero-order chi connectivity index (χ0) is 18.7. The largest absolute Gasteiger partial charge is 0.361 e. The van der Waals surface area contributed by atoms with Crippen LogP contribution in [-0.2, 0) is 16.0 Å². The molecule has 134 valence electrons. The number of nitrogens with one attached hydrogen (secondary N) is 5. The predicted molar refractivity (Wildman–Crippen MR) is 96.3 cm³/mol. The van der Waals surface area contributed by atoms with Crippen molar-refractivity contribution in [1.29, 1.82) is 0 Å². The second-order valence-electron chi connectivity index (χ2n) is 5.45. The number of carbonyl (C=O) groups excluding carboxylic acids is 2. The minimum atomic E-state index is -1.01. The van der Waals surface area contributed by atoms with Crippen LogP contribution in [0, 0.1) is 0 Å². The Kier molecular flexibility index (Phi) is 4.90.